The van der Waals surface area contributed by atoms with Gasteiger partial charge in [0.15, 0.2) is 5.54 Å². The predicted octanol–water partition coefficient (Wildman–Crippen LogP) is 2.92. The topological polar surface area (TPSA) is 49.5 Å². The van der Waals surface area contributed by atoms with Gasteiger partial charge in [-0.05, 0) is 51.6 Å². The van der Waals surface area contributed by atoms with Crippen molar-refractivity contribution in [3.05, 3.63) is 47.0 Å². The number of hydrogen-bond donors (Lipinski definition) is 0. The number of aryl methyl sites for hydroxylation is 2. The third kappa shape index (κ3) is 2.19. The fourth-order valence-corrected chi connectivity index (χ4v) is 4.17. The highest BCUT2D eigenvalue weighted by Gasteiger charge is 2.37. The largest absolute Gasteiger partial charge is 0.379 e. The average molecular weight is 320 g/mol. The lowest BCUT2D eigenvalue weighted by molar-refractivity contribution is 0.0323. The summed E-state index contributed by atoms with van der Waals surface area (Å²) in [5, 5.41) is 15.4. The standard InChI is InChI=1S/C19H20N4O/c1-2-14-4-5-16-11-17(10-15(3-1)18(14)16)19(12-20-22-21-19)13-23-6-8-24-9-7-23/h1-3,10-12H,4-9,13H2. The zero-order valence-electron chi connectivity index (χ0n) is 13.6. The van der Waals surface area contributed by atoms with Crippen LogP contribution >= 0.6 is 0 Å². The summed E-state index contributed by atoms with van der Waals surface area (Å²) in [6, 6.07) is 11.2. The molecule has 0 N–H and O–H groups in total. The molecule has 0 amide bonds. The lowest BCUT2D eigenvalue weighted by atomic mass is 9.88. The van der Waals surface area contributed by atoms with Crippen LogP contribution in [-0.2, 0) is 23.1 Å². The minimum Gasteiger partial charge on any atom is -0.379 e. The molecule has 5 rings (SSSR count). The first-order valence-electron chi connectivity index (χ1n) is 8.66. The Bertz CT molecular complexity index is 840. The van der Waals surface area contributed by atoms with Crippen LogP contribution in [0.3, 0.4) is 0 Å². The monoisotopic (exact) mass is 320 g/mol. The van der Waals surface area contributed by atoms with E-state index in [2.05, 4.69) is 50.7 Å². The molecule has 0 aromatic heterocycles. The summed E-state index contributed by atoms with van der Waals surface area (Å²) in [4.78, 5) is 2.40. The van der Waals surface area contributed by atoms with Gasteiger partial charge < -0.3 is 4.74 Å². The maximum atomic E-state index is 5.47. The quantitative estimate of drug-likeness (QED) is 0.873. The summed E-state index contributed by atoms with van der Waals surface area (Å²) in [5.74, 6) is 0. The first kappa shape index (κ1) is 14.3. The fraction of sp³-hybridized carbons (Fsp3) is 0.421. The predicted molar refractivity (Wildman–Crippen MR) is 93.6 cm³/mol. The number of hydrogen-bond acceptors (Lipinski definition) is 5. The Morgan fingerprint density at radius 3 is 2.79 bits per heavy atom. The van der Waals surface area contributed by atoms with Crippen LogP contribution in [0.1, 0.15) is 16.7 Å². The van der Waals surface area contributed by atoms with Crippen molar-refractivity contribution in [2.24, 2.45) is 15.4 Å². The van der Waals surface area contributed by atoms with Crippen LogP contribution in [0.5, 0.6) is 0 Å². The Labute approximate surface area is 141 Å². The van der Waals surface area contributed by atoms with E-state index in [1.807, 2.05) is 6.21 Å². The van der Waals surface area contributed by atoms with Crippen molar-refractivity contribution < 1.29 is 4.74 Å². The zero-order chi connectivity index (χ0) is 16.0. The molecule has 0 bridgehead atoms. The van der Waals surface area contributed by atoms with Crippen LogP contribution in [0, 0.1) is 0 Å². The van der Waals surface area contributed by atoms with Gasteiger partial charge in [0, 0.05) is 19.6 Å². The molecule has 2 aromatic carbocycles. The molecule has 1 fully saturated rings. The highest BCUT2D eigenvalue weighted by molar-refractivity contribution is 5.92. The van der Waals surface area contributed by atoms with E-state index < -0.39 is 5.54 Å². The maximum absolute atomic E-state index is 5.47. The van der Waals surface area contributed by atoms with Crippen LogP contribution in [0.2, 0.25) is 0 Å². The first-order chi connectivity index (χ1) is 11.8. The Morgan fingerprint density at radius 1 is 1.08 bits per heavy atom. The Balaban J connectivity index is 1.59. The number of ether oxygens (including phenoxy) is 1. The van der Waals surface area contributed by atoms with E-state index in [0.29, 0.717) is 0 Å². The normalized spacial score (nSPS) is 25.8. The van der Waals surface area contributed by atoms with Crippen LogP contribution < -0.4 is 0 Å². The molecule has 2 aromatic rings. The van der Waals surface area contributed by atoms with E-state index in [1.54, 1.807) is 0 Å². The molecule has 1 aliphatic carbocycles. The molecule has 0 spiro atoms. The van der Waals surface area contributed by atoms with E-state index in [4.69, 9.17) is 4.74 Å². The summed E-state index contributed by atoms with van der Waals surface area (Å²) in [6.07, 6.45) is 4.17. The van der Waals surface area contributed by atoms with Crippen LogP contribution in [0.4, 0.5) is 0 Å². The fourth-order valence-electron chi connectivity index (χ4n) is 4.17. The molecular formula is C19H20N4O. The summed E-state index contributed by atoms with van der Waals surface area (Å²) in [6.45, 7) is 4.27. The molecule has 5 nitrogen and oxygen atoms in total. The molecule has 24 heavy (non-hydrogen) atoms. The minimum atomic E-state index is -0.458. The molecule has 2 aliphatic heterocycles. The van der Waals surface area contributed by atoms with E-state index in [9.17, 15) is 0 Å². The van der Waals surface area contributed by atoms with Crippen LogP contribution in [0.25, 0.3) is 10.8 Å². The minimum absolute atomic E-state index is 0.458. The average Bonchev–Trinajstić information content (AvgIpc) is 3.25. The Kier molecular flexibility index (Phi) is 3.24. The van der Waals surface area contributed by atoms with E-state index in [-0.39, 0.29) is 0 Å². The molecule has 1 atom stereocenters. The van der Waals surface area contributed by atoms with Gasteiger partial charge in [0.1, 0.15) is 0 Å². The van der Waals surface area contributed by atoms with Gasteiger partial charge in [-0.3, -0.25) is 4.90 Å². The zero-order valence-corrected chi connectivity index (χ0v) is 13.6. The third-order valence-corrected chi connectivity index (χ3v) is 5.42. The number of nitrogens with zero attached hydrogens (tertiary/aromatic N) is 4. The van der Waals surface area contributed by atoms with Crippen LogP contribution in [-0.4, -0.2) is 44.0 Å². The van der Waals surface area contributed by atoms with Crippen molar-refractivity contribution in [1.82, 2.24) is 4.90 Å². The Morgan fingerprint density at radius 2 is 1.96 bits per heavy atom. The molecule has 3 aliphatic rings. The van der Waals surface area contributed by atoms with E-state index in [0.717, 1.165) is 45.7 Å². The second kappa shape index (κ2) is 5.46. The number of benzene rings is 2. The summed E-state index contributed by atoms with van der Waals surface area (Å²) in [7, 11) is 0. The van der Waals surface area contributed by atoms with Crippen LogP contribution in [0.15, 0.2) is 45.8 Å². The van der Waals surface area contributed by atoms with E-state index >= 15 is 0 Å². The Hall–Kier alpha value is -2.11. The molecule has 122 valence electrons. The van der Waals surface area contributed by atoms with Crippen molar-refractivity contribution >= 4 is 17.0 Å². The van der Waals surface area contributed by atoms with Crippen molar-refractivity contribution in [2.45, 2.75) is 18.4 Å². The molecule has 0 radical (unpaired) electrons. The van der Waals surface area contributed by atoms with Crippen molar-refractivity contribution in [2.75, 3.05) is 32.8 Å². The summed E-state index contributed by atoms with van der Waals surface area (Å²) >= 11 is 0. The van der Waals surface area contributed by atoms with Gasteiger partial charge in [0.2, 0.25) is 0 Å². The molecule has 5 heteroatoms. The second-order valence-electron chi connectivity index (χ2n) is 6.90. The van der Waals surface area contributed by atoms with Gasteiger partial charge in [-0.1, -0.05) is 24.3 Å². The van der Waals surface area contributed by atoms with Gasteiger partial charge in [-0.2, -0.15) is 0 Å². The van der Waals surface area contributed by atoms with Gasteiger partial charge in [0.25, 0.3) is 0 Å². The molecule has 1 saturated heterocycles. The second-order valence-corrected chi connectivity index (χ2v) is 6.90. The summed E-state index contributed by atoms with van der Waals surface area (Å²) in [5.41, 5.74) is 3.66. The van der Waals surface area contributed by atoms with Gasteiger partial charge in [0.05, 0.1) is 19.4 Å². The first-order valence-corrected chi connectivity index (χ1v) is 8.66. The highest BCUT2D eigenvalue weighted by atomic mass is 16.5. The van der Waals surface area contributed by atoms with Crippen molar-refractivity contribution in [3.8, 4) is 0 Å². The lowest BCUT2D eigenvalue weighted by Gasteiger charge is -2.33. The smallest absolute Gasteiger partial charge is 0.158 e. The van der Waals surface area contributed by atoms with Crippen molar-refractivity contribution in [1.29, 1.82) is 0 Å². The molecule has 2 heterocycles. The van der Waals surface area contributed by atoms with E-state index in [1.165, 1.54) is 27.5 Å². The van der Waals surface area contributed by atoms with Gasteiger partial charge in [-0.15, -0.1) is 10.2 Å². The molecule has 1 unspecified atom stereocenters. The molecular weight excluding hydrogens is 300 g/mol. The highest BCUT2D eigenvalue weighted by Crippen LogP contribution is 2.37. The molecule has 0 saturated carbocycles. The van der Waals surface area contributed by atoms with Gasteiger partial charge >= 0.3 is 0 Å². The SMILES string of the molecule is C1=NN=NC1(CN1CCOCC1)c1cc2c3c(cccc3c1)CC2. The third-order valence-electron chi connectivity index (χ3n) is 5.42. The van der Waals surface area contributed by atoms with Crippen molar-refractivity contribution in [3.63, 3.8) is 0 Å². The maximum Gasteiger partial charge on any atom is 0.158 e. The van der Waals surface area contributed by atoms with Gasteiger partial charge in [-0.25, -0.2) is 0 Å². The number of rotatable bonds is 3. The lowest BCUT2D eigenvalue weighted by Crippen LogP contribution is -2.45. The summed E-state index contributed by atoms with van der Waals surface area (Å²) < 4.78 is 5.47. The number of morpholine rings is 1.